The molecule has 90 valence electrons. The minimum Gasteiger partial charge on any atom is -0.400 e. The Morgan fingerprint density at radius 3 is 2.47 bits per heavy atom. The van der Waals surface area contributed by atoms with Crippen LogP contribution in [0.1, 0.15) is 20.8 Å². The first-order chi connectivity index (χ1) is 6.98. The molecule has 0 aromatic rings. The second-order valence-electron chi connectivity index (χ2n) is 4.41. The Bertz CT molecular complexity index is 186. The van der Waals surface area contributed by atoms with Gasteiger partial charge in [-0.25, -0.2) is 0 Å². The van der Waals surface area contributed by atoms with E-state index >= 15 is 0 Å². The lowest BCUT2D eigenvalue weighted by Crippen LogP contribution is -2.22. The van der Waals surface area contributed by atoms with Crippen LogP contribution in [0.25, 0.3) is 0 Å². The summed E-state index contributed by atoms with van der Waals surface area (Å²) in [6.07, 6.45) is 1.85. The number of nitrogens with one attached hydrogen (secondary N) is 1. The fourth-order valence-corrected chi connectivity index (χ4v) is 0.774. The summed E-state index contributed by atoms with van der Waals surface area (Å²) in [6.45, 7) is 8.94. The van der Waals surface area contributed by atoms with Crippen molar-refractivity contribution in [3.63, 3.8) is 0 Å². The molecule has 4 nitrogen and oxygen atoms in total. The first-order valence-corrected chi connectivity index (χ1v) is 5.24. The van der Waals surface area contributed by atoms with E-state index in [-0.39, 0.29) is 5.41 Å². The summed E-state index contributed by atoms with van der Waals surface area (Å²) in [5.41, 5.74) is 6.72. The van der Waals surface area contributed by atoms with Crippen LogP contribution < -0.4 is 11.1 Å². The van der Waals surface area contributed by atoms with E-state index in [0.29, 0.717) is 19.8 Å². The highest BCUT2D eigenvalue weighted by atomic mass is 16.5. The van der Waals surface area contributed by atoms with Gasteiger partial charge in [0.2, 0.25) is 0 Å². The van der Waals surface area contributed by atoms with Crippen LogP contribution >= 0.6 is 0 Å². The summed E-state index contributed by atoms with van der Waals surface area (Å²) >= 11 is 0. The van der Waals surface area contributed by atoms with Gasteiger partial charge in [-0.3, -0.25) is 0 Å². The van der Waals surface area contributed by atoms with Gasteiger partial charge in [0, 0.05) is 31.0 Å². The van der Waals surface area contributed by atoms with Gasteiger partial charge >= 0.3 is 0 Å². The molecule has 4 heteroatoms. The van der Waals surface area contributed by atoms with E-state index in [1.54, 1.807) is 7.11 Å². The number of methoxy groups -OCH3 is 1. The minimum absolute atomic E-state index is 0.0178. The third kappa shape index (κ3) is 8.27. The fourth-order valence-electron chi connectivity index (χ4n) is 0.774. The lowest BCUT2D eigenvalue weighted by atomic mass is 9.93. The average Bonchev–Trinajstić information content (AvgIpc) is 2.14. The van der Waals surface area contributed by atoms with E-state index in [9.17, 15) is 0 Å². The number of nitrogens with two attached hydrogens (primary N) is 1. The van der Waals surface area contributed by atoms with Gasteiger partial charge in [-0.1, -0.05) is 20.8 Å². The molecule has 0 aliphatic rings. The molecule has 0 atom stereocenters. The SMILES string of the molecule is COCCOCCN/C=C(\N)C(C)(C)C. The molecule has 0 saturated heterocycles. The van der Waals surface area contributed by atoms with Crippen LogP contribution in [-0.2, 0) is 9.47 Å². The zero-order valence-corrected chi connectivity index (χ0v) is 10.3. The summed E-state index contributed by atoms with van der Waals surface area (Å²) in [5, 5.41) is 3.12. The molecule has 0 aromatic heterocycles. The maximum atomic E-state index is 5.85. The summed E-state index contributed by atoms with van der Waals surface area (Å²) < 4.78 is 10.1. The Balaban J connectivity index is 3.45. The average molecular weight is 216 g/mol. The molecule has 0 rings (SSSR count). The molecule has 0 amide bonds. The van der Waals surface area contributed by atoms with Crippen molar-refractivity contribution in [1.29, 1.82) is 0 Å². The van der Waals surface area contributed by atoms with Crippen LogP contribution in [0.4, 0.5) is 0 Å². The number of hydrogen-bond donors (Lipinski definition) is 2. The van der Waals surface area contributed by atoms with Crippen LogP contribution in [0, 0.1) is 5.41 Å². The van der Waals surface area contributed by atoms with E-state index < -0.39 is 0 Å². The van der Waals surface area contributed by atoms with Crippen molar-refractivity contribution in [3.05, 3.63) is 11.9 Å². The summed E-state index contributed by atoms with van der Waals surface area (Å²) in [5.74, 6) is 0. The molecule has 0 aliphatic carbocycles. The van der Waals surface area contributed by atoms with Crippen LogP contribution in [-0.4, -0.2) is 33.5 Å². The van der Waals surface area contributed by atoms with Crippen LogP contribution in [0.2, 0.25) is 0 Å². The second kappa shape index (κ2) is 7.54. The summed E-state index contributed by atoms with van der Waals surface area (Å²) in [6, 6.07) is 0. The van der Waals surface area contributed by atoms with Crippen LogP contribution in [0.15, 0.2) is 11.9 Å². The predicted molar refractivity (Wildman–Crippen MR) is 62.4 cm³/mol. The molecule has 0 fully saturated rings. The zero-order valence-electron chi connectivity index (χ0n) is 10.3. The highest BCUT2D eigenvalue weighted by Gasteiger charge is 2.12. The minimum atomic E-state index is 0.0178. The molecule has 0 bridgehead atoms. The van der Waals surface area contributed by atoms with Crippen molar-refractivity contribution in [2.75, 3.05) is 33.5 Å². The molecule has 15 heavy (non-hydrogen) atoms. The Hall–Kier alpha value is -0.740. The molecule has 0 unspecified atom stereocenters. The normalized spacial score (nSPS) is 12.9. The topological polar surface area (TPSA) is 56.5 Å². The molecule has 0 aliphatic heterocycles. The largest absolute Gasteiger partial charge is 0.400 e. The van der Waals surface area contributed by atoms with Crippen LogP contribution in [0.5, 0.6) is 0 Å². The third-order valence-electron chi connectivity index (χ3n) is 1.95. The van der Waals surface area contributed by atoms with Gasteiger partial charge in [-0.15, -0.1) is 0 Å². The van der Waals surface area contributed by atoms with Gasteiger partial charge in [0.05, 0.1) is 19.8 Å². The van der Waals surface area contributed by atoms with E-state index in [1.807, 2.05) is 6.20 Å². The molecular weight excluding hydrogens is 192 g/mol. The first kappa shape index (κ1) is 14.3. The lowest BCUT2D eigenvalue weighted by molar-refractivity contribution is 0.0730. The zero-order chi connectivity index (χ0) is 11.7. The standard InChI is InChI=1S/C11H24N2O2/c1-11(2,3)10(12)9-13-5-6-15-8-7-14-4/h9,13H,5-8,12H2,1-4H3/b10-9-. The second-order valence-corrected chi connectivity index (χ2v) is 4.41. The molecule has 0 saturated carbocycles. The molecule has 0 radical (unpaired) electrons. The first-order valence-electron chi connectivity index (χ1n) is 5.24. The van der Waals surface area contributed by atoms with E-state index in [2.05, 4.69) is 26.1 Å². The van der Waals surface area contributed by atoms with Crippen molar-refractivity contribution in [2.45, 2.75) is 20.8 Å². The van der Waals surface area contributed by atoms with E-state index in [1.165, 1.54) is 0 Å². The molecule has 3 N–H and O–H groups in total. The Morgan fingerprint density at radius 1 is 1.27 bits per heavy atom. The Labute approximate surface area is 92.8 Å². The number of allylic oxidation sites excluding steroid dienone is 1. The van der Waals surface area contributed by atoms with E-state index in [4.69, 9.17) is 15.2 Å². The number of hydrogen-bond acceptors (Lipinski definition) is 4. The summed E-state index contributed by atoms with van der Waals surface area (Å²) in [7, 11) is 1.66. The summed E-state index contributed by atoms with van der Waals surface area (Å²) in [4.78, 5) is 0. The molecule has 0 aromatic carbocycles. The van der Waals surface area contributed by atoms with Crippen molar-refractivity contribution < 1.29 is 9.47 Å². The van der Waals surface area contributed by atoms with Gasteiger partial charge in [0.15, 0.2) is 0 Å². The predicted octanol–water partition coefficient (Wildman–Crippen LogP) is 1.09. The van der Waals surface area contributed by atoms with Crippen molar-refractivity contribution >= 4 is 0 Å². The molecule has 0 spiro atoms. The smallest absolute Gasteiger partial charge is 0.0701 e. The highest BCUT2D eigenvalue weighted by Crippen LogP contribution is 2.19. The van der Waals surface area contributed by atoms with E-state index in [0.717, 1.165) is 12.2 Å². The fraction of sp³-hybridized carbons (Fsp3) is 0.818. The van der Waals surface area contributed by atoms with Crippen LogP contribution in [0.3, 0.4) is 0 Å². The van der Waals surface area contributed by atoms with Gasteiger partial charge in [-0.2, -0.15) is 0 Å². The Morgan fingerprint density at radius 2 is 1.93 bits per heavy atom. The maximum Gasteiger partial charge on any atom is 0.0701 e. The number of ether oxygens (including phenoxy) is 2. The third-order valence-corrected chi connectivity index (χ3v) is 1.95. The van der Waals surface area contributed by atoms with Gasteiger partial charge in [0.1, 0.15) is 0 Å². The van der Waals surface area contributed by atoms with Gasteiger partial charge in [-0.05, 0) is 0 Å². The van der Waals surface area contributed by atoms with Crippen molar-refractivity contribution in [1.82, 2.24) is 5.32 Å². The van der Waals surface area contributed by atoms with Crippen molar-refractivity contribution in [3.8, 4) is 0 Å². The quantitative estimate of drug-likeness (QED) is 0.625. The van der Waals surface area contributed by atoms with Gasteiger partial charge in [0.25, 0.3) is 0 Å². The molecular formula is C11H24N2O2. The molecule has 0 heterocycles. The monoisotopic (exact) mass is 216 g/mol. The number of rotatable bonds is 7. The van der Waals surface area contributed by atoms with Crippen molar-refractivity contribution in [2.24, 2.45) is 11.1 Å². The Kier molecular flexibility index (Phi) is 7.17. The highest BCUT2D eigenvalue weighted by molar-refractivity contribution is 5.04. The maximum absolute atomic E-state index is 5.85. The lowest BCUT2D eigenvalue weighted by Gasteiger charge is -2.19. The van der Waals surface area contributed by atoms with Gasteiger partial charge < -0.3 is 20.5 Å².